The van der Waals surface area contributed by atoms with E-state index in [0.717, 1.165) is 0 Å². The van der Waals surface area contributed by atoms with Crippen molar-refractivity contribution in [3.05, 3.63) is 22.7 Å². The lowest BCUT2D eigenvalue weighted by atomic mass is 10.3. The highest BCUT2D eigenvalue weighted by Gasteiger charge is 2.38. The average molecular weight is 378 g/mol. The molecule has 1 atom stereocenters. The van der Waals surface area contributed by atoms with Gasteiger partial charge in [0.05, 0.1) is 16.5 Å². The molecule has 1 unspecified atom stereocenters. The summed E-state index contributed by atoms with van der Waals surface area (Å²) in [6.45, 7) is -1.16. The van der Waals surface area contributed by atoms with E-state index in [0.29, 0.717) is 10.2 Å². The monoisotopic (exact) mass is 377 g/mol. The second-order valence-corrected chi connectivity index (χ2v) is 6.33. The van der Waals surface area contributed by atoms with Crippen LogP contribution in [0.25, 0.3) is 0 Å². The van der Waals surface area contributed by atoms with Crippen LogP contribution in [0.5, 0.6) is 5.75 Å². The van der Waals surface area contributed by atoms with Gasteiger partial charge >= 0.3 is 6.18 Å². The van der Waals surface area contributed by atoms with Crippen molar-refractivity contribution in [2.45, 2.75) is 17.2 Å². The van der Waals surface area contributed by atoms with Gasteiger partial charge in [-0.1, -0.05) is 0 Å². The van der Waals surface area contributed by atoms with Crippen molar-refractivity contribution in [1.82, 2.24) is 4.72 Å². The van der Waals surface area contributed by atoms with Crippen molar-refractivity contribution < 1.29 is 31.4 Å². The molecule has 2 N–H and O–H groups in total. The van der Waals surface area contributed by atoms with Gasteiger partial charge in [0, 0.05) is 6.54 Å². The SMILES string of the molecule is COc1ccc(S(=O)(=O)NCC(O)C(F)(F)F)cc1Br. The third-order valence-electron chi connectivity index (χ3n) is 2.28. The van der Waals surface area contributed by atoms with Gasteiger partial charge in [0.25, 0.3) is 0 Å². The topological polar surface area (TPSA) is 75.6 Å². The second kappa shape index (κ2) is 6.29. The molecule has 1 aromatic carbocycles. The first-order chi connectivity index (χ1) is 9.08. The Balaban J connectivity index is 2.87. The first-order valence-electron chi connectivity index (χ1n) is 5.16. The van der Waals surface area contributed by atoms with E-state index in [9.17, 15) is 21.6 Å². The van der Waals surface area contributed by atoms with Crippen molar-refractivity contribution in [1.29, 1.82) is 0 Å². The fourth-order valence-corrected chi connectivity index (χ4v) is 2.96. The predicted molar refractivity (Wildman–Crippen MR) is 67.9 cm³/mol. The van der Waals surface area contributed by atoms with Gasteiger partial charge in [0.1, 0.15) is 5.75 Å². The van der Waals surface area contributed by atoms with E-state index in [1.165, 1.54) is 25.3 Å². The molecule has 0 heterocycles. The molecule has 0 aliphatic carbocycles. The van der Waals surface area contributed by atoms with Crippen LogP contribution in [0.4, 0.5) is 13.2 Å². The van der Waals surface area contributed by atoms with Crippen molar-refractivity contribution in [3.8, 4) is 5.75 Å². The van der Waals surface area contributed by atoms with Crippen LogP contribution in [0.3, 0.4) is 0 Å². The van der Waals surface area contributed by atoms with E-state index in [1.54, 1.807) is 4.72 Å². The predicted octanol–water partition coefficient (Wildman–Crippen LogP) is 1.66. The molecule has 0 amide bonds. The Morgan fingerprint density at radius 2 is 2.05 bits per heavy atom. The first kappa shape index (κ1) is 17.2. The average Bonchev–Trinajstić information content (AvgIpc) is 2.34. The summed E-state index contributed by atoms with van der Waals surface area (Å²) >= 11 is 3.06. The number of alkyl halides is 3. The third kappa shape index (κ3) is 4.33. The van der Waals surface area contributed by atoms with Crippen molar-refractivity contribution in [3.63, 3.8) is 0 Å². The maximum Gasteiger partial charge on any atom is 0.415 e. The van der Waals surface area contributed by atoms with Crippen LogP contribution in [0, 0.1) is 0 Å². The highest BCUT2D eigenvalue weighted by molar-refractivity contribution is 9.10. The molecule has 0 bridgehead atoms. The third-order valence-corrected chi connectivity index (χ3v) is 4.32. The number of sulfonamides is 1. The van der Waals surface area contributed by atoms with Crippen LogP contribution in [0.15, 0.2) is 27.6 Å². The van der Waals surface area contributed by atoms with E-state index in [4.69, 9.17) is 9.84 Å². The summed E-state index contributed by atoms with van der Waals surface area (Å²) in [5, 5.41) is 8.75. The molecule has 0 saturated carbocycles. The summed E-state index contributed by atoms with van der Waals surface area (Å²) in [5.74, 6) is 0.374. The maximum absolute atomic E-state index is 12.1. The molecule has 5 nitrogen and oxygen atoms in total. The normalized spacial score (nSPS) is 14.1. The number of rotatable bonds is 5. The molecule has 10 heteroatoms. The fraction of sp³-hybridized carbons (Fsp3) is 0.400. The minimum absolute atomic E-state index is 0.250. The van der Waals surface area contributed by atoms with Crippen LogP contribution < -0.4 is 9.46 Å². The Hall–Kier alpha value is -0.840. The summed E-state index contributed by atoms with van der Waals surface area (Å²) in [6, 6.07) is 3.70. The quantitative estimate of drug-likeness (QED) is 0.818. The molecule has 0 aliphatic heterocycles. The van der Waals surface area contributed by atoms with E-state index >= 15 is 0 Å². The Labute approximate surface area is 121 Å². The number of ether oxygens (including phenoxy) is 1. The molecular formula is C10H11BrF3NO4S. The zero-order chi connectivity index (χ0) is 15.6. The van der Waals surface area contributed by atoms with Gasteiger partial charge in [0.2, 0.25) is 10.0 Å². The number of aliphatic hydroxyl groups is 1. The molecule has 1 aromatic rings. The van der Waals surface area contributed by atoms with Gasteiger partial charge in [-0.15, -0.1) is 0 Å². The van der Waals surface area contributed by atoms with E-state index < -0.39 is 28.8 Å². The lowest BCUT2D eigenvalue weighted by molar-refractivity contribution is -0.200. The molecular weight excluding hydrogens is 367 g/mol. The number of benzene rings is 1. The highest BCUT2D eigenvalue weighted by atomic mass is 79.9. The Kier molecular flexibility index (Phi) is 5.41. The number of aliphatic hydroxyl groups excluding tert-OH is 1. The van der Waals surface area contributed by atoms with Gasteiger partial charge in [-0.05, 0) is 34.1 Å². The van der Waals surface area contributed by atoms with Gasteiger partial charge in [-0.3, -0.25) is 0 Å². The van der Waals surface area contributed by atoms with Crippen LogP contribution in [0.1, 0.15) is 0 Å². The number of hydrogen-bond acceptors (Lipinski definition) is 4. The van der Waals surface area contributed by atoms with Gasteiger partial charge in [0.15, 0.2) is 6.10 Å². The molecule has 0 aromatic heterocycles. The van der Waals surface area contributed by atoms with Crippen molar-refractivity contribution >= 4 is 26.0 Å². The van der Waals surface area contributed by atoms with Crippen LogP contribution in [0.2, 0.25) is 0 Å². The maximum atomic E-state index is 12.1. The highest BCUT2D eigenvalue weighted by Crippen LogP contribution is 2.27. The summed E-state index contributed by atoms with van der Waals surface area (Å²) in [6.07, 6.45) is -7.65. The van der Waals surface area contributed by atoms with Gasteiger partial charge in [-0.25, -0.2) is 13.1 Å². The number of methoxy groups -OCH3 is 1. The van der Waals surface area contributed by atoms with Crippen LogP contribution in [-0.2, 0) is 10.0 Å². The minimum atomic E-state index is -4.89. The zero-order valence-electron chi connectivity index (χ0n) is 10.1. The van der Waals surface area contributed by atoms with E-state index in [-0.39, 0.29) is 4.90 Å². The first-order valence-corrected chi connectivity index (χ1v) is 7.43. The van der Waals surface area contributed by atoms with E-state index in [1.807, 2.05) is 0 Å². The lowest BCUT2D eigenvalue weighted by Crippen LogP contribution is -2.40. The number of hydrogen-bond donors (Lipinski definition) is 2. The molecule has 0 fully saturated rings. The number of nitrogens with one attached hydrogen (secondary N) is 1. The minimum Gasteiger partial charge on any atom is -0.496 e. The molecule has 0 saturated heterocycles. The standard InChI is InChI=1S/C10H11BrF3NO4S/c1-19-8-3-2-6(4-7(8)11)20(17,18)15-5-9(16)10(12,13)14/h2-4,9,15-16H,5H2,1H3. The van der Waals surface area contributed by atoms with E-state index in [2.05, 4.69) is 15.9 Å². The molecule has 0 spiro atoms. The van der Waals surface area contributed by atoms with Crippen molar-refractivity contribution in [2.75, 3.05) is 13.7 Å². The molecule has 0 aliphatic rings. The van der Waals surface area contributed by atoms with Crippen molar-refractivity contribution in [2.24, 2.45) is 0 Å². The van der Waals surface area contributed by atoms with Crippen LogP contribution >= 0.6 is 15.9 Å². The summed E-state index contributed by atoms with van der Waals surface area (Å²) in [5.41, 5.74) is 0. The molecule has 114 valence electrons. The summed E-state index contributed by atoms with van der Waals surface area (Å²) in [4.78, 5) is -0.250. The Bertz CT molecular complexity index is 576. The number of halogens is 4. The van der Waals surface area contributed by atoms with Gasteiger partial charge < -0.3 is 9.84 Å². The summed E-state index contributed by atoms with van der Waals surface area (Å²) in [7, 11) is -2.78. The molecule has 1 rings (SSSR count). The molecule has 20 heavy (non-hydrogen) atoms. The smallest absolute Gasteiger partial charge is 0.415 e. The molecule has 0 radical (unpaired) electrons. The zero-order valence-corrected chi connectivity index (χ0v) is 12.5. The van der Waals surface area contributed by atoms with Crippen LogP contribution in [-0.4, -0.2) is 39.5 Å². The Morgan fingerprint density at radius 1 is 1.45 bits per heavy atom. The lowest BCUT2D eigenvalue weighted by Gasteiger charge is -2.15. The Morgan fingerprint density at radius 3 is 2.50 bits per heavy atom. The fourth-order valence-electron chi connectivity index (χ4n) is 1.20. The summed E-state index contributed by atoms with van der Waals surface area (Å²) < 4.78 is 66.7. The largest absolute Gasteiger partial charge is 0.496 e. The van der Waals surface area contributed by atoms with Gasteiger partial charge in [-0.2, -0.15) is 13.2 Å². The second-order valence-electron chi connectivity index (χ2n) is 3.71.